The molecule has 12 rings (SSSR count). The van der Waals surface area contributed by atoms with Crippen LogP contribution >= 0.6 is 11.3 Å². The predicted molar refractivity (Wildman–Crippen MR) is 250 cm³/mol. The number of hydrogen-bond acceptors (Lipinski definition) is 5. The van der Waals surface area contributed by atoms with E-state index in [-0.39, 0.29) is 0 Å². The first-order chi connectivity index (χ1) is 29.7. The van der Waals surface area contributed by atoms with E-state index in [9.17, 15) is 0 Å². The summed E-state index contributed by atoms with van der Waals surface area (Å²) in [6.07, 6.45) is 1.89. The number of para-hydroxylation sites is 2. The van der Waals surface area contributed by atoms with Gasteiger partial charge in [-0.15, -0.1) is 11.3 Å². The predicted octanol–water partition coefficient (Wildman–Crippen LogP) is 14.2. The zero-order valence-electron chi connectivity index (χ0n) is 32.2. The average Bonchev–Trinajstić information content (AvgIpc) is 3.88. The van der Waals surface area contributed by atoms with Crippen molar-refractivity contribution in [2.45, 2.75) is 0 Å². The van der Waals surface area contributed by atoms with Gasteiger partial charge in [0, 0.05) is 64.9 Å². The number of pyridine rings is 1. The largest absolute Gasteiger partial charge is 0.309 e. The summed E-state index contributed by atoms with van der Waals surface area (Å²) in [7, 11) is 0. The van der Waals surface area contributed by atoms with Crippen LogP contribution in [-0.2, 0) is 0 Å². The summed E-state index contributed by atoms with van der Waals surface area (Å²) in [5, 5.41) is 6.24. The first-order valence-corrected chi connectivity index (χ1v) is 20.9. The maximum Gasteiger partial charge on any atom is 0.164 e. The molecule has 0 atom stereocenters. The molecule has 6 heteroatoms. The topological polar surface area (TPSA) is 56.5 Å². The molecule has 0 aliphatic carbocycles. The molecule has 0 radical (unpaired) electrons. The standard InChI is InChI=1S/C54H33N5S/c1-3-14-34(15-4-1)52-56-53(35-16-5-2-6-17-35)58-54(57-52)39-31-37(30-38(32-39)41-28-29-55-46-23-10-7-20-42(41)46)36-18-13-19-40(33-36)59-47-24-11-8-22-45(47)50-48(59)27-26-44-43-21-9-12-25-49(43)60-51(44)50/h1-33H. The number of fused-ring (bicyclic) bond motifs is 8. The van der Waals surface area contributed by atoms with E-state index in [1.807, 2.05) is 84.3 Å². The summed E-state index contributed by atoms with van der Waals surface area (Å²) in [6.45, 7) is 0. The molecule has 0 saturated carbocycles. The van der Waals surface area contributed by atoms with Crippen LogP contribution < -0.4 is 0 Å². The molecule has 8 aromatic carbocycles. The second-order valence-electron chi connectivity index (χ2n) is 15.1. The van der Waals surface area contributed by atoms with E-state index in [1.165, 1.54) is 42.0 Å². The molecule has 4 aromatic heterocycles. The first-order valence-electron chi connectivity index (χ1n) is 20.0. The SMILES string of the molecule is c1ccc(-c2nc(-c3ccccc3)nc(-c3cc(-c4cccc(-n5c6ccccc6c6c7sc8ccccc8c7ccc65)c4)cc(-c4ccnc5ccccc45)c3)n2)cc1. The second-order valence-corrected chi connectivity index (χ2v) is 16.1. The lowest BCUT2D eigenvalue weighted by atomic mass is 9.94. The van der Waals surface area contributed by atoms with Gasteiger partial charge in [0.25, 0.3) is 0 Å². The maximum absolute atomic E-state index is 5.16. The summed E-state index contributed by atoms with van der Waals surface area (Å²) in [5.41, 5.74) is 11.5. The Hall–Kier alpha value is -7.80. The Morgan fingerprint density at radius 2 is 1.00 bits per heavy atom. The molecular formula is C54H33N5S. The minimum Gasteiger partial charge on any atom is -0.309 e. The summed E-state index contributed by atoms with van der Waals surface area (Å²) >= 11 is 1.88. The number of aromatic nitrogens is 5. The van der Waals surface area contributed by atoms with Crippen LogP contribution in [0.2, 0.25) is 0 Å². The maximum atomic E-state index is 5.16. The van der Waals surface area contributed by atoms with Gasteiger partial charge >= 0.3 is 0 Å². The van der Waals surface area contributed by atoms with Crippen LogP contribution in [0.1, 0.15) is 0 Å². The third kappa shape index (κ3) is 5.69. The fourth-order valence-corrected chi connectivity index (χ4v) is 9.96. The van der Waals surface area contributed by atoms with E-state index in [2.05, 4.69) is 132 Å². The molecular weight excluding hydrogens is 751 g/mol. The van der Waals surface area contributed by atoms with Crippen LogP contribution in [0.25, 0.3) is 115 Å². The van der Waals surface area contributed by atoms with Crippen LogP contribution in [0.3, 0.4) is 0 Å². The third-order valence-electron chi connectivity index (χ3n) is 11.5. The molecule has 0 unspecified atom stereocenters. The molecule has 0 N–H and O–H groups in total. The number of rotatable bonds is 6. The fourth-order valence-electron chi connectivity index (χ4n) is 8.70. The van der Waals surface area contributed by atoms with Crippen molar-refractivity contribution in [1.29, 1.82) is 0 Å². The molecule has 4 heterocycles. The van der Waals surface area contributed by atoms with Crippen molar-refractivity contribution in [3.8, 4) is 62.1 Å². The molecule has 280 valence electrons. The van der Waals surface area contributed by atoms with Crippen LogP contribution in [0.15, 0.2) is 200 Å². The van der Waals surface area contributed by atoms with Gasteiger partial charge < -0.3 is 4.57 Å². The van der Waals surface area contributed by atoms with Crippen molar-refractivity contribution in [2.24, 2.45) is 0 Å². The molecule has 0 amide bonds. The van der Waals surface area contributed by atoms with E-state index in [4.69, 9.17) is 19.9 Å². The highest BCUT2D eigenvalue weighted by Crippen LogP contribution is 2.44. The van der Waals surface area contributed by atoms with E-state index >= 15 is 0 Å². The third-order valence-corrected chi connectivity index (χ3v) is 12.7. The Morgan fingerprint density at radius 3 is 1.78 bits per heavy atom. The fraction of sp³-hybridized carbons (Fsp3) is 0. The zero-order valence-corrected chi connectivity index (χ0v) is 33.0. The number of thiophene rings is 1. The molecule has 5 nitrogen and oxygen atoms in total. The van der Waals surface area contributed by atoms with Gasteiger partial charge in [0.1, 0.15) is 0 Å². The van der Waals surface area contributed by atoms with Gasteiger partial charge in [-0.3, -0.25) is 4.98 Å². The van der Waals surface area contributed by atoms with Crippen molar-refractivity contribution >= 4 is 64.2 Å². The Bertz CT molecular complexity index is 3550. The van der Waals surface area contributed by atoms with E-state index < -0.39 is 0 Å². The molecule has 0 aliphatic rings. The van der Waals surface area contributed by atoms with Crippen molar-refractivity contribution in [3.63, 3.8) is 0 Å². The van der Waals surface area contributed by atoms with Crippen LogP contribution in [0, 0.1) is 0 Å². The minimum absolute atomic E-state index is 0.607. The first kappa shape index (κ1) is 34.3. The summed E-state index contributed by atoms with van der Waals surface area (Å²) < 4.78 is 5.05. The number of benzene rings is 8. The van der Waals surface area contributed by atoms with Gasteiger partial charge in [-0.1, -0.05) is 133 Å². The van der Waals surface area contributed by atoms with Crippen LogP contribution in [-0.4, -0.2) is 24.5 Å². The Morgan fingerprint density at radius 1 is 0.383 bits per heavy atom. The summed E-state index contributed by atoms with van der Waals surface area (Å²) in [4.78, 5) is 20.0. The minimum atomic E-state index is 0.607. The van der Waals surface area contributed by atoms with Crippen molar-refractivity contribution < 1.29 is 0 Å². The van der Waals surface area contributed by atoms with E-state index in [0.717, 1.165) is 55.5 Å². The highest BCUT2D eigenvalue weighted by atomic mass is 32.1. The molecule has 0 aliphatic heterocycles. The molecule has 0 spiro atoms. The van der Waals surface area contributed by atoms with Gasteiger partial charge in [0.15, 0.2) is 17.5 Å². The smallest absolute Gasteiger partial charge is 0.164 e. The van der Waals surface area contributed by atoms with E-state index in [1.54, 1.807) is 0 Å². The quantitative estimate of drug-likeness (QED) is 0.169. The highest BCUT2D eigenvalue weighted by molar-refractivity contribution is 7.26. The number of nitrogens with zero attached hydrogens (tertiary/aromatic N) is 5. The monoisotopic (exact) mass is 783 g/mol. The summed E-state index contributed by atoms with van der Waals surface area (Å²) in [5.74, 6) is 1.86. The zero-order chi connectivity index (χ0) is 39.6. The molecule has 12 aromatic rings. The lowest BCUT2D eigenvalue weighted by Gasteiger charge is -2.15. The van der Waals surface area contributed by atoms with Gasteiger partial charge in [-0.2, -0.15) is 0 Å². The molecule has 0 saturated heterocycles. The molecule has 60 heavy (non-hydrogen) atoms. The van der Waals surface area contributed by atoms with Crippen molar-refractivity contribution in [2.75, 3.05) is 0 Å². The molecule has 0 bridgehead atoms. The summed E-state index contributed by atoms with van der Waals surface area (Å²) in [6, 6.07) is 68.4. The van der Waals surface area contributed by atoms with Crippen molar-refractivity contribution in [1.82, 2.24) is 24.5 Å². The molecule has 0 fully saturated rings. The van der Waals surface area contributed by atoms with Gasteiger partial charge in [-0.25, -0.2) is 15.0 Å². The van der Waals surface area contributed by atoms with E-state index in [0.29, 0.717) is 17.5 Å². The van der Waals surface area contributed by atoms with Gasteiger partial charge in [-0.05, 0) is 82.9 Å². The number of hydrogen-bond donors (Lipinski definition) is 0. The van der Waals surface area contributed by atoms with Gasteiger partial charge in [0.2, 0.25) is 0 Å². The average molecular weight is 784 g/mol. The van der Waals surface area contributed by atoms with Crippen molar-refractivity contribution in [3.05, 3.63) is 200 Å². The van der Waals surface area contributed by atoms with Gasteiger partial charge in [0.05, 0.1) is 16.6 Å². The normalized spacial score (nSPS) is 11.7. The lowest BCUT2D eigenvalue weighted by Crippen LogP contribution is -2.00. The van der Waals surface area contributed by atoms with Crippen LogP contribution in [0.5, 0.6) is 0 Å². The lowest BCUT2D eigenvalue weighted by molar-refractivity contribution is 1.07. The Labute approximate surface area is 349 Å². The Kier molecular flexibility index (Phi) is 7.96. The Balaban J connectivity index is 1.09. The highest BCUT2D eigenvalue weighted by Gasteiger charge is 2.19. The van der Waals surface area contributed by atoms with Crippen LogP contribution in [0.4, 0.5) is 0 Å². The second kappa shape index (κ2) is 13.9.